The van der Waals surface area contributed by atoms with Crippen LogP contribution in [0.25, 0.3) is 11.1 Å². The Morgan fingerprint density at radius 2 is 1.56 bits per heavy atom. The van der Waals surface area contributed by atoms with Crippen LogP contribution in [0.1, 0.15) is 34.2 Å². The van der Waals surface area contributed by atoms with Gasteiger partial charge in [0, 0.05) is 12.2 Å². The normalized spacial score (nSPS) is 13.0. The van der Waals surface area contributed by atoms with Crippen LogP contribution in [0.4, 0.5) is 10.1 Å². The molecule has 32 heavy (non-hydrogen) atoms. The number of phenolic OH excluding ortho intramolecular Hbond substituents is 1. The molecule has 0 saturated heterocycles. The highest BCUT2D eigenvalue weighted by Crippen LogP contribution is 2.42. The molecule has 3 heteroatoms. The summed E-state index contributed by atoms with van der Waals surface area (Å²) in [5, 5.41) is 13.7. The van der Waals surface area contributed by atoms with E-state index < -0.39 is 0 Å². The summed E-state index contributed by atoms with van der Waals surface area (Å²) in [7, 11) is 0. The summed E-state index contributed by atoms with van der Waals surface area (Å²) < 4.78 is 13.5. The lowest BCUT2D eigenvalue weighted by atomic mass is 9.79. The Morgan fingerprint density at radius 3 is 2.34 bits per heavy atom. The van der Waals surface area contributed by atoms with E-state index in [1.165, 1.54) is 28.8 Å². The van der Waals surface area contributed by atoms with Crippen molar-refractivity contribution >= 4 is 16.8 Å². The minimum absolute atomic E-state index is 0.237. The van der Waals surface area contributed by atoms with Crippen LogP contribution in [0.2, 0.25) is 0 Å². The zero-order valence-corrected chi connectivity index (χ0v) is 17.7. The molecule has 2 N–H and O–H groups in total. The predicted octanol–water partition coefficient (Wildman–Crippen LogP) is 7.05. The zero-order chi connectivity index (χ0) is 21.9. The third-order valence-corrected chi connectivity index (χ3v) is 5.99. The largest absolute Gasteiger partial charge is 0.508 e. The Kier molecular flexibility index (Phi) is 5.47. The van der Waals surface area contributed by atoms with Crippen LogP contribution in [0.15, 0.2) is 97.1 Å². The number of aryl methyl sites for hydroxylation is 1. The van der Waals surface area contributed by atoms with E-state index in [9.17, 15) is 9.50 Å². The lowest BCUT2D eigenvalue weighted by molar-refractivity contribution is 0.475. The monoisotopic (exact) mass is 421 g/mol. The van der Waals surface area contributed by atoms with E-state index in [1.807, 2.05) is 42.5 Å². The van der Waals surface area contributed by atoms with Crippen molar-refractivity contribution in [3.63, 3.8) is 0 Å². The molecule has 0 amide bonds. The van der Waals surface area contributed by atoms with E-state index >= 15 is 0 Å². The molecule has 1 aliphatic carbocycles. The van der Waals surface area contributed by atoms with E-state index in [4.69, 9.17) is 0 Å². The number of halogens is 1. The summed E-state index contributed by atoms with van der Waals surface area (Å²) in [6.45, 7) is 0.774. The van der Waals surface area contributed by atoms with Gasteiger partial charge in [0.15, 0.2) is 0 Å². The third-order valence-electron chi connectivity index (χ3n) is 5.99. The Balaban J connectivity index is 1.55. The first-order valence-electron chi connectivity index (χ1n) is 10.9. The number of hydrogen-bond donors (Lipinski definition) is 2. The summed E-state index contributed by atoms with van der Waals surface area (Å²) >= 11 is 0. The second kappa shape index (κ2) is 8.72. The highest BCUT2D eigenvalue weighted by molar-refractivity contribution is 6.01. The first kappa shape index (κ1) is 20.1. The molecule has 0 radical (unpaired) electrons. The first-order valence-corrected chi connectivity index (χ1v) is 10.9. The van der Waals surface area contributed by atoms with Gasteiger partial charge in [0.1, 0.15) is 11.6 Å². The summed E-state index contributed by atoms with van der Waals surface area (Å²) in [6, 6.07) is 30.9. The Hall–Kier alpha value is -3.85. The van der Waals surface area contributed by atoms with Crippen LogP contribution in [-0.4, -0.2) is 5.11 Å². The van der Waals surface area contributed by atoms with Crippen LogP contribution < -0.4 is 5.32 Å². The van der Waals surface area contributed by atoms with Gasteiger partial charge in [0.25, 0.3) is 0 Å². The predicted molar refractivity (Wildman–Crippen MR) is 129 cm³/mol. The van der Waals surface area contributed by atoms with Crippen molar-refractivity contribution in [2.45, 2.75) is 19.4 Å². The van der Waals surface area contributed by atoms with Gasteiger partial charge in [-0.1, -0.05) is 60.7 Å². The van der Waals surface area contributed by atoms with E-state index in [0.717, 1.165) is 47.3 Å². The van der Waals surface area contributed by atoms with Gasteiger partial charge in [0.2, 0.25) is 0 Å². The smallest absolute Gasteiger partial charge is 0.123 e. The number of nitrogens with one attached hydrogen (secondary N) is 1. The van der Waals surface area contributed by atoms with Crippen LogP contribution in [0.3, 0.4) is 0 Å². The molecule has 0 aliphatic heterocycles. The van der Waals surface area contributed by atoms with Crippen molar-refractivity contribution in [3.05, 3.63) is 131 Å². The molecular weight excluding hydrogens is 397 g/mol. The molecule has 0 bridgehead atoms. The zero-order valence-electron chi connectivity index (χ0n) is 17.7. The average Bonchev–Trinajstić information content (AvgIpc) is 2.83. The molecule has 0 spiro atoms. The van der Waals surface area contributed by atoms with Gasteiger partial charge < -0.3 is 10.4 Å². The molecule has 0 heterocycles. The second-order valence-electron chi connectivity index (χ2n) is 8.12. The van der Waals surface area contributed by atoms with Crippen LogP contribution in [0.5, 0.6) is 5.75 Å². The molecule has 4 aromatic carbocycles. The lowest BCUT2D eigenvalue weighted by Gasteiger charge is -2.25. The second-order valence-corrected chi connectivity index (χ2v) is 8.12. The van der Waals surface area contributed by atoms with Crippen molar-refractivity contribution in [1.29, 1.82) is 0 Å². The van der Waals surface area contributed by atoms with Crippen molar-refractivity contribution in [2.24, 2.45) is 0 Å². The van der Waals surface area contributed by atoms with Gasteiger partial charge in [-0.05, 0) is 88.2 Å². The number of hydrogen-bond acceptors (Lipinski definition) is 2. The molecule has 0 fully saturated rings. The van der Waals surface area contributed by atoms with Gasteiger partial charge in [-0.2, -0.15) is 0 Å². The summed E-state index contributed by atoms with van der Waals surface area (Å²) in [5.41, 5.74) is 9.02. The Morgan fingerprint density at radius 1 is 0.750 bits per heavy atom. The third kappa shape index (κ3) is 4.15. The number of aromatic hydroxyl groups is 1. The summed E-state index contributed by atoms with van der Waals surface area (Å²) in [5.74, 6) is 0.000301. The minimum atomic E-state index is -0.237. The molecule has 158 valence electrons. The molecular formula is C29H24FNO. The highest BCUT2D eigenvalue weighted by Gasteiger charge is 2.22. The Labute approximate surface area is 187 Å². The van der Waals surface area contributed by atoms with Gasteiger partial charge >= 0.3 is 0 Å². The number of anilines is 1. The quantitative estimate of drug-likeness (QED) is 0.362. The fraction of sp³-hybridized carbons (Fsp3) is 0.103. The van der Waals surface area contributed by atoms with E-state index in [1.54, 1.807) is 12.1 Å². The number of rotatable bonds is 5. The number of benzene rings is 4. The maximum atomic E-state index is 13.5. The summed E-state index contributed by atoms with van der Waals surface area (Å²) in [4.78, 5) is 0. The average molecular weight is 422 g/mol. The number of fused-ring (bicyclic) bond motifs is 1. The van der Waals surface area contributed by atoms with Gasteiger partial charge in [-0.3, -0.25) is 0 Å². The molecule has 1 aliphatic rings. The molecule has 2 nitrogen and oxygen atoms in total. The topological polar surface area (TPSA) is 32.3 Å². The number of allylic oxidation sites excluding steroid dienone is 1. The fourth-order valence-corrected chi connectivity index (χ4v) is 4.43. The van der Waals surface area contributed by atoms with Gasteiger partial charge in [0.05, 0.1) is 0 Å². The van der Waals surface area contributed by atoms with Crippen molar-refractivity contribution in [1.82, 2.24) is 0 Å². The van der Waals surface area contributed by atoms with Crippen LogP contribution in [-0.2, 0) is 13.0 Å². The lowest BCUT2D eigenvalue weighted by Crippen LogP contribution is -2.08. The van der Waals surface area contributed by atoms with Crippen molar-refractivity contribution in [2.75, 3.05) is 5.32 Å². The standard InChI is InChI=1S/C29H24FNO/c30-24-12-9-21(10-13-24)27-15-11-22-17-25(31-19-20-5-2-1-3-6-20)14-16-28(22)29(27)23-7-4-8-26(32)18-23/h1-10,12-14,16-18,31-32H,11,15,19H2. The number of phenols is 1. The highest BCUT2D eigenvalue weighted by atomic mass is 19.1. The SMILES string of the molecule is Oc1cccc(C2=C(c3ccc(F)cc3)CCc3cc(NCc4ccccc4)ccc32)c1. The maximum absolute atomic E-state index is 13.5. The van der Waals surface area contributed by atoms with E-state index in [-0.39, 0.29) is 11.6 Å². The van der Waals surface area contributed by atoms with Gasteiger partial charge in [-0.25, -0.2) is 4.39 Å². The van der Waals surface area contributed by atoms with E-state index in [0.29, 0.717) is 0 Å². The molecule has 0 atom stereocenters. The molecule has 5 rings (SSSR count). The van der Waals surface area contributed by atoms with Crippen molar-refractivity contribution in [3.8, 4) is 5.75 Å². The summed E-state index contributed by atoms with van der Waals surface area (Å²) in [6.07, 6.45) is 1.76. The first-order chi connectivity index (χ1) is 15.7. The molecule has 0 aromatic heterocycles. The Bertz CT molecular complexity index is 1280. The van der Waals surface area contributed by atoms with E-state index in [2.05, 4.69) is 35.6 Å². The van der Waals surface area contributed by atoms with Gasteiger partial charge in [-0.15, -0.1) is 0 Å². The molecule has 0 saturated carbocycles. The maximum Gasteiger partial charge on any atom is 0.123 e. The fourth-order valence-electron chi connectivity index (χ4n) is 4.43. The van der Waals surface area contributed by atoms with Crippen molar-refractivity contribution < 1.29 is 9.50 Å². The van der Waals surface area contributed by atoms with Crippen LogP contribution in [0, 0.1) is 5.82 Å². The minimum Gasteiger partial charge on any atom is -0.508 e. The molecule has 0 unspecified atom stereocenters. The van der Waals surface area contributed by atoms with Crippen LogP contribution >= 0.6 is 0 Å². The molecule has 4 aromatic rings.